The van der Waals surface area contributed by atoms with Gasteiger partial charge in [-0.2, -0.15) is 4.31 Å². The lowest BCUT2D eigenvalue weighted by atomic mass is 10.1. The van der Waals surface area contributed by atoms with Crippen LogP contribution in [0, 0.1) is 10.1 Å². The zero-order chi connectivity index (χ0) is 21.2. The molecule has 10 nitrogen and oxygen atoms in total. The first-order valence-corrected chi connectivity index (χ1v) is 10.4. The van der Waals surface area contributed by atoms with E-state index in [2.05, 4.69) is 0 Å². The Kier molecular flexibility index (Phi) is 6.01. The van der Waals surface area contributed by atoms with Crippen molar-refractivity contribution in [2.75, 3.05) is 19.9 Å². The number of ether oxygens (including phenoxy) is 2. The fourth-order valence-corrected chi connectivity index (χ4v) is 4.66. The highest BCUT2D eigenvalue weighted by molar-refractivity contribution is 7.89. The number of hydrogen-bond acceptors (Lipinski definition) is 7. The van der Waals surface area contributed by atoms with Crippen molar-refractivity contribution in [3.8, 4) is 5.75 Å². The maximum absolute atomic E-state index is 12.8. The molecule has 2 heterocycles. The topological polar surface area (TPSA) is 121 Å². The minimum absolute atomic E-state index is 0.0108. The van der Waals surface area contributed by atoms with Crippen LogP contribution in [0.15, 0.2) is 40.2 Å². The molecular formula is C18H21N3O7S. The van der Waals surface area contributed by atoms with E-state index in [4.69, 9.17) is 9.47 Å². The Morgan fingerprint density at radius 1 is 1.24 bits per heavy atom. The SMILES string of the molecule is CCN(CC)S(=O)(=O)c1ccc(=O)n(Cc2cc([N+](=O)[O-])cc3c2OCOC3)c1. The molecule has 1 aromatic heterocycles. The third-order valence-electron chi connectivity index (χ3n) is 4.62. The number of pyridine rings is 1. The first-order chi connectivity index (χ1) is 13.8. The van der Waals surface area contributed by atoms with Gasteiger partial charge in [0, 0.05) is 48.6 Å². The van der Waals surface area contributed by atoms with Crippen LogP contribution in [-0.4, -0.2) is 42.1 Å². The molecule has 0 aliphatic carbocycles. The molecule has 2 aromatic rings. The minimum Gasteiger partial charge on any atom is -0.467 e. The van der Waals surface area contributed by atoms with Crippen LogP contribution in [0.2, 0.25) is 0 Å². The molecule has 0 saturated heterocycles. The number of nitrogens with zero attached hydrogens (tertiary/aromatic N) is 3. The predicted molar refractivity (Wildman–Crippen MR) is 103 cm³/mol. The Morgan fingerprint density at radius 2 is 1.97 bits per heavy atom. The van der Waals surface area contributed by atoms with E-state index in [1.807, 2.05) is 0 Å². The Hall–Kier alpha value is -2.76. The van der Waals surface area contributed by atoms with Crippen LogP contribution < -0.4 is 10.3 Å². The summed E-state index contributed by atoms with van der Waals surface area (Å²) in [5.41, 5.74) is 0.307. The van der Waals surface area contributed by atoms with Crippen LogP contribution in [0.4, 0.5) is 5.69 Å². The van der Waals surface area contributed by atoms with Crippen LogP contribution >= 0.6 is 0 Å². The van der Waals surface area contributed by atoms with Gasteiger partial charge in [0.15, 0.2) is 6.79 Å². The maximum Gasteiger partial charge on any atom is 0.270 e. The van der Waals surface area contributed by atoms with E-state index in [-0.39, 0.29) is 30.5 Å². The van der Waals surface area contributed by atoms with E-state index in [1.54, 1.807) is 13.8 Å². The molecule has 3 rings (SSSR count). The van der Waals surface area contributed by atoms with E-state index in [0.717, 1.165) is 0 Å². The fourth-order valence-electron chi connectivity index (χ4n) is 3.19. The summed E-state index contributed by atoms with van der Waals surface area (Å²) >= 11 is 0. The van der Waals surface area contributed by atoms with Gasteiger partial charge in [-0.15, -0.1) is 0 Å². The number of sulfonamides is 1. The van der Waals surface area contributed by atoms with Crippen molar-refractivity contribution >= 4 is 15.7 Å². The van der Waals surface area contributed by atoms with Gasteiger partial charge in [-0.05, 0) is 6.07 Å². The van der Waals surface area contributed by atoms with Gasteiger partial charge >= 0.3 is 0 Å². The van der Waals surface area contributed by atoms with Gasteiger partial charge in [-0.3, -0.25) is 14.9 Å². The Morgan fingerprint density at radius 3 is 2.62 bits per heavy atom. The Balaban J connectivity index is 2.06. The first kappa shape index (κ1) is 21.0. The van der Waals surface area contributed by atoms with Crippen LogP contribution in [-0.2, 0) is 27.9 Å². The summed E-state index contributed by atoms with van der Waals surface area (Å²) in [4.78, 5) is 23.0. The number of nitro groups is 1. The molecule has 29 heavy (non-hydrogen) atoms. The summed E-state index contributed by atoms with van der Waals surface area (Å²) < 4.78 is 38.7. The second-order valence-corrected chi connectivity index (χ2v) is 8.32. The van der Waals surface area contributed by atoms with Crippen molar-refractivity contribution < 1.29 is 22.8 Å². The summed E-state index contributed by atoms with van der Waals surface area (Å²) in [5.74, 6) is 0.408. The third-order valence-corrected chi connectivity index (χ3v) is 6.66. The van der Waals surface area contributed by atoms with Crippen molar-refractivity contribution in [1.82, 2.24) is 8.87 Å². The van der Waals surface area contributed by atoms with E-state index in [0.29, 0.717) is 30.0 Å². The number of fused-ring (bicyclic) bond motifs is 1. The lowest BCUT2D eigenvalue weighted by Gasteiger charge is -2.21. The number of nitro benzene ring substituents is 1. The zero-order valence-corrected chi connectivity index (χ0v) is 16.8. The molecule has 0 saturated carbocycles. The van der Waals surface area contributed by atoms with Gasteiger partial charge in [0.05, 0.1) is 23.0 Å². The number of aromatic nitrogens is 1. The van der Waals surface area contributed by atoms with E-state index in [9.17, 15) is 23.3 Å². The molecule has 0 atom stereocenters. The van der Waals surface area contributed by atoms with E-state index >= 15 is 0 Å². The smallest absolute Gasteiger partial charge is 0.270 e. The number of hydrogen-bond donors (Lipinski definition) is 0. The van der Waals surface area contributed by atoms with Crippen molar-refractivity contribution in [2.24, 2.45) is 0 Å². The zero-order valence-electron chi connectivity index (χ0n) is 16.0. The molecule has 0 radical (unpaired) electrons. The quantitative estimate of drug-likeness (QED) is 0.491. The second kappa shape index (κ2) is 8.31. The number of rotatable bonds is 7. The molecule has 1 aliphatic rings. The monoisotopic (exact) mass is 423 g/mol. The highest BCUT2D eigenvalue weighted by atomic mass is 32.2. The largest absolute Gasteiger partial charge is 0.467 e. The molecule has 0 fully saturated rings. The van der Waals surface area contributed by atoms with Crippen LogP contribution in [0.5, 0.6) is 5.75 Å². The Labute approximate surface area is 167 Å². The molecule has 11 heteroatoms. The first-order valence-electron chi connectivity index (χ1n) is 8.99. The molecule has 1 aliphatic heterocycles. The van der Waals surface area contributed by atoms with Gasteiger partial charge in [0.1, 0.15) is 5.75 Å². The van der Waals surface area contributed by atoms with Crippen LogP contribution in [0.25, 0.3) is 0 Å². The van der Waals surface area contributed by atoms with Crippen molar-refractivity contribution in [3.63, 3.8) is 0 Å². The second-order valence-electron chi connectivity index (χ2n) is 6.38. The van der Waals surface area contributed by atoms with Gasteiger partial charge in [0.25, 0.3) is 11.2 Å². The fraction of sp³-hybridized carbons (Fsp3) is 0.389. The number of non-ortho nitro benzene ring substituents is 1. The Bertz CT molecular complexity index is 1090. The molecule has 0 N–H and O–H groups in total. The van der Waals surface area contributed by atoms with Gasteiger partial charge < -0.3 is 14.0 Å². The molecule has 0 bridgehead atoms. The van der Waals surface area contributed by atoms with Gasteiger partial charge in [0.2, 0.25) is 10.0 Å². The van der Waals surface area contributed by atoms with Crippen LogP contribution in [0.1, 0.15) is 25.0 Å². The number of benzene rings is 1. The highest BCUT2D eigenvalue weighted by Crippen LogP contribution is 2.33. The average Bonchev–Trinajstić information content (AvgIpc) is 2.70. The predicted octanol–water partition coefficient (Wildman–Crippen LogP) is 1.70. The summed E-state index contributed by atoms with van der Waals surface area (Å²) in [7, 11) is -3.76. The molecule has 0 unspecified atom stereocenters. The maximum atomic E-state index is 12.8. The molecule has 0 amide bonds. The van der Waals surface area contributed by atoms with Crippen LogP contribution in [0.3, 0.4) is 0 Å². The van der Waals surface area contributed by atoms with E-state index in [1.165, 1.54) is 39.3 Å². The lowest BCUT2D eigenvalue weighted by Crippen LogP contribution is -2.32. The van der Waals surface area contributed by atoms with Gasteiger partial charge in [-0.1, -0.05) is 13.8 Å². The third kappa shape index (κ3) is 4.16. The van der Waals surface area contributed by atoms with Crippen molar-refractivity contribution in [2.45, 2.75) is 31.9 Å². The van der Waals surface area contributed by atoms with Gasteiger partial charge in [-0.25, -0.2) is 8.42 Å². The standard InChI is InChI=1S/C18H21N3O7S/c1-3-20(4-2)29(25,26)16-5-6-17(22)19(10-16)9-13-7-15(21(23)24)8-14-11-27-12-28-18(13)14/h5-8,10H,3-4,9,11-12H2,1-2H3. The van der Waals surface area contributed by atoms with E-state index < -0.39 is 20.5 Å². The summed E-state index contributed by atoms with van der Waals surface area (Å²) in [6, 6.07) is 5.12. The molecule has 0 spiro atoms. The van der Waals surface area contributed by atoms with Crippen molar-refractivity contribution in [1.29, 1.82) is 0 Å². The lowest BCUT2D eigenvalue weighted by molar-refractivity contribution is -0.385. The molecular weight excluding hydrogens is 402 g/mol. The average molecular weight is 423 g/mol. The normalized spacial score (nSPS) is 13.8. The minimum atomic E-state index is -3.76. The summed E-state index contributed by atoms with van der Waals surface area (Å²) in [6.45, 7) is 4.11. The van der Waals surface area contributed by atoms with Crippen molar-refractivity contribution in [3.05, 3.63) is 62.1 Å². The summed E-state index contributed by atoms with van der Waals surface area (Å²) in [5, 5.41) is 11.3. The molecule has 156 valence electrons. The highest BCUT2D eigenvalue weighted by Gasteiger charge is 2.24. The molecule has 1 aromatic carbocycles. The summed E-state index contributed by atoms with van der Waals surface area (Å²) in [6.07, 6.45) is 1.25.